The fourth-order valence-corrected chi connectivity index (χ4v) is 4.63. The summed E-state index contributed by atoms with van der Waals surface area (Å²) in [6.07, 6.45) is 0.644. The van der Waals surface area contributed by atoms with Gasteiger partial charge in [0, 0.05) is 12.5 Å². The molecule has 0 bridgehead atoms. The van der Waals surface area contributed by atoms with Gasteiger partial charge in [0.2, 0.25) is 0 Å². The molecule has 0 fully saturated rings. The maximum absolute atomic E-state index is 12.4. The first-order valence-corrected chi connectivity index (χ1v) is 17.6. The average molecular weight is 813 g/mol. The van der Waals surface area contributed by atoms with Gasteiger partial charge in [-0.15, -0.1) is 0 Å². The fraction of sp³-hybridized carbons (Fsp3) is 0.214. The molecule has 306 valence electrons. The Morgan fingerprint density at radius 1 is 0.322 bits per heavy atom. The number of rotatable bonds is 20. The van der Waals surface area contributed by atoms with Gasteiger partial charge in [0.1, 0.15) is 59.1 Å². The Kier molecular flexibility index (Phi) is 17.0. The maximum Gasteiger partial charge on any atom is 0.338 e. The van der Waals surface area contributed by atoms with Crippen LogP contribution in [-0.2, 0) is 42.7 Å². The van der Waals surface area contributed by atoms with E-state index in [1.54, 1.807) is 0 Å². The first-order chi connectivity index (χ1) is 28.4. The van der Waals surface area contributed by atoms with E-state index in [1.807, 2.05) is 0 Å². The number of carbonyl (C=O) groups excluding carboxylic acids is 9. The standard InChI is InChI=1S/C42H36O17/c1-27(44)52-18-19-53-37(46)30-6-8-31(9-7-30)39(48)56-22-23-57-41(50)34-14-16-35(17-15-34)42(51)59-25-24-58-40(49)33-12-10-32(11-13-33)38(47)55-21-20-54-36(45)29-4-2-28(26-43)3-5-29/h2-17,26H,18-25H2,1H3. The number of carbonyl (C=O) groups is 9. The van der Waals surface area contributed by atoms with Crippen molar-refractivity contribution in [1.82, 2.24) is 0 Å². The van der Waals surface area contributed by atoms with Gasteiger partial charge in [-0.25, -0.2) is 33.6 Å². The third-order valence-corrected chi connectivity index (χ3v) is 7.62. The van der Waals surface area contributed by atoms with Gasteiger partial charge in [-0.05, 0) is 84.9 Å². The molecule has 59 heavy (non-hydrogen) atoms. The maximum atomic E-state index is 12.4. The van der Waals surface area contributed by atoms with Crippen LogP contribution in [0.3, 0.4) is 0 Å². The quantitative estimate of drug-likeness (QED) is 0.0525. The van der Waals surface area contributed by atoms with Crippen LogP contribution in [0.25, 0.3) is 0 Å². The smallest absolute Gasteiger partial charge is 0.338 e. The third kappa shape index (κ3) is 14.4. The van der Waals surface area contributed by atoms with E-state index >= 15 is 0 Å². The van der Waals surface area contributed by atoms with E-state index in [0.29, 0.717) is 11.8 Å². The first-order valence-electron chi connectivity index (χ1n) is 17.6. The minimum absolute atomic E-state index is 0.0824. The van der Waals surface area contributed by atoms with E-state index in [0.717, 1.165) is 0 Å². The highest BCUT2D eigenvalue weighted by atomic mass is 16.6. The zero-order valence-electron chi connectivity index (χ0n) is 31.4. The minimum atomic E-state index is -0.747. The molecule has 0 amide bonds. The van der Waals surface area contributed by atoms with Gasteiger partial charge in [0.05, 0.1) is 38.9 Å². The summed E-state index contributed by atoms with van der Waals surface area (Å²) in [6.45, 7) is -0.474. The van der Waals surface area contributed by atoms with Crippen molar-refractivity contribution in [3.05, 3.63) is 142 Å². The molecule has 17 heteroatoms. The summed E-state index contributed by atoms with van der Waals surface area (Å²) >= 11 is 0. The van der Waals surface area contributed by atoms with Crippen LogP contribution in [0.5, 0.6) is 0 Å². The lowest BCUT2D eigenvalue weighted by atomic mass is 10.1. The Labute approximate surface area is 336 Å². The lowest BCUT2D eigenvalue weighted by molar-refractivity contribution is -0.142. The topological polar surface area (TPSA) is 227 Å². The second kappa shape index (κ2) is 22.8. The highest BCUT2D eigenvalue weighted by molar-refractivity contribution is 5.95. The SMILES string of the molecule is CC(=O)OCCOC(=O)c1ccc(C(=O)OCCOC(=O)c2ccc(C(=O)OCCOC(=O)c3ccc(C(=O)OCCOC(=O)c4ccc(C=O)cc4)cc3)cc2)cc1. The van der Waals surface area contributed by atoms with Crippen LogP contribution in [-0.4, -0.2) is 107 Å². The van der Waals surface area contributed by atoms with Crippen LogP contribution in [0.2, 0.25) is 0 Å². The molecule has 0 aliphatic carbocycles. The van der Waals surface area contributed by atoms with E-state index in [2.05, 4.69) is 4.74 Å². The Bertz CT molecular complexity index is 2120. The molecule has 4 rings (SSSR count). The van der Waals surface area contributed by atoms with Crippen molar-refractivity contribution in [2.75, 3.05) is 52.9 Å². The van der Waals surface area contributed by atoms with Crippen LogP contribution in [0.1, 0.15) is 89.8 Å². The molecule has 0 aliphatic rings. The lowest BCUT2D eigenvalue weighted by Crippen LogP contribution is -2.16. The van der Waals surface area contributed by atoms with Crippen molar-refractivity contribution in [1.29, 1.82) is 0 Å². The van der Waals surface area contributed by atoms with Crippen molar-refractivity contribution in [3.63, 3.8) is 0 Å². The minimum Gasteiger partial charge on any atom is -0.462 e. The Morgan fingerprint density at radius 3 is 0.661 bits per heavy atom. The summed E-state index contributed by atoms with van der Waals surface area (Å²) in [5, 5.41) is 0. The van der Waals surface area contributed by atoms with Gasteiger partial charge >= 0.3 is 47.8 Å². The van der Waals surface area contributed by atoms with Crippen LogP contribution < -0.4 is 0 Å². The molecule has 0 atom stereocenters. The number of benzene rings is 4. The van der Waals surface area contributed by atoms with Crippen molar-refractivity contribution >= 4 is 54.0 Å². The largest absolute Gasteiger partial charge is 0.462 e. The summed E-state index contributed by atoms with van der Waals surface area (Å²) in [5.74, 6) is -5.48. The molecule has 0 radical (unpaired) electrons. The number of ether oxygens (including phenoxy) is 8. The zero-order chi connectivity index (χ0) is 42.6. The fourth-order valence-electron chi connectivity index (χ4n) is 4.63. The number of aldehydes is 1. The van der Waals surface area contributed by atoms with Gasteiger partial charge in [0.15, 0.2) is 0 Å². The average Bonchev–Trinajstić information content (AvgIpc) is 3.26. The highest BCUT2D eigenvalue weighted by Crippen LogP contribution is 2.12. The van der Waals surface area contributed by atoms with E-state index in [1.165, 1.54) is 104 Å². The molecule has 0 spiro atoms. The summed E-state index contributed by atoms with van der Waals surface area (Å²) in [5.41, 5.74) is 1.41. The van der Waals surface area contributed by atoms with Gasteiger partial charge in [0.25, 0.3) is 0 Å². The molecule has 0 aliphatic heterocycles. The molecule has 0 saturated heterocycles. The van der Waals surface area contributed by atoms with E-state index in [9.17, 15) is 43.2 Å². The Balaban J connectivity index is 1.08. The summed E-state index contributed by atoms with van der Waals surface area (Å²) in [4.78, 5) is 107. The molecular formula is C42H36O17. The zero-order valence-corrected chi connectivity index (χ0v) is 31.4. The molecule has 17 nitrogen and oxygen atoms in total. The molecule has 0 aromatic heterocycles. The van der Waals surface area contributed by atoms with Crippen molar-refractivity contribution < 1.29 is 81.0 Å². The van der Waals surface area contributed by atoms with Crippen LogP contribution in [0, 0.1) is 0 Å². The van der Waals surface area contributed by atoms with E-state index in [-0.39, 0.29) is 91.8 Å². The van der Waals surface area contributed by atoms with Crippen LogP contribution >= 0.6 is 0 Å². The molecule has 4 aromatic rings. The van der Waals surface area contributed by atoms with Gasteiger partial charge < -0.3 is 37.9 Å². The predicted molar refractivity (Wildman–Crippen MR) is 200 cm³/mol. The number of esters is 8. The number of hydrogen-bond acceptors (Lipinski definition) is 17. The van der Waals surface area contributed by atoms with E-state index < -0.39 is 47.8 Å². The van der Waals surface area contributed by atoms with Crippen molar-refractivity contribution in [2.45, 2.75) is 6.92 Å². The monoisotopic (exact) mass is 812 g/mol. The van der Waals surface area contributed by atoms with Gasteiger partial charge in [-0.3, -0.25) is 9.59 Å². The first kappa shape index (κ1) is 44.0. The third-order valence-electron chi connectivity index (χ3n) is 7.62. The van der Waals surface area contributed by atoms with Gasteiger partial charge in [-0.1, -0.05) is 12.1 Å². The second-order valence-electron chi connectivity index (χ2n) is 11.8. The lowest BCUT2D eigenvalue weighted by Gasteiger charge is -2.09. The van der Waals surface area contributed by atoms with E-state index in [4.69, 9.17) is 33.2 Å². The molecule has 4 aromatic carbocycles. The predicted octanol–water partition coefficient (Wildman–Crippen LogP) is 4.26. The molecular weight excluding hydrogens is 776 g/mol. The normalized spacial score (nSPS) is 10.3. The van der Waals surface area contributed by atoms with Gasteiger partial charge in [-0.2, -0.15) is 0 Å². The van der Waals surface area contributed by atoms with Crippen LogP contribution in [0.15, 0.2) is 97.1 Å². The van der Waals surface area contributed by atoms with Crippen molar-refractivity contribution in [2.24, 2.45) is 0 Å². The Hall–Kier alpha value is -7.69. The summed E-state index contributed by atoms with van der Waals surface area (Å²) in [7, 11) is 0. The van der Waals surface area contributed by atoms with Crippen LogP contribution in [0.4, 0.5) is 0 Å². The Morgan fingerprint density at radius 2 is 0.492 bits per heavy atom. The highest BCUT2D eigenvalue weighted by Gasteiger charge is 2.16. The summed E-state index contributed by atoms with van der Waals surface area (Å²) in [6, 6.07) is 22.0. The summed E-state index contributed by atoms with van der Waals surface area (Å²) < 4.78 is 40.2. The molecule has 0 N–H and O–H groups in total. The number of hydrogen-bond donors (Lipinski definition) is 0. The molecule has 0 heterocycles. The second-order valence-corrected chi connectivity index (χ2v) is 11.8. The molecule has 0 saturated carbocycles. The molecule has 0 unspecified atom stereocenters. The van der Waals surface area contributed by atoms with Crippen molar-refractivity contribution in [3.8, 4) is 0 Å².